The van der Waals surface area contributed by atoms with Crippen LogP contribution in [0.2, 0.25) is 0 Å². The summed E-state index contributed by atoms with van der Waals surface area (Å²) in [5.74, 6) is -3.18. The molecule has 2 fully saturated rings. The van der Waals surface area contributed by atoms with Crippen LogP contribution in [-0.4, -0.2) is 53.6 Å². The van der Waals surface area contributed by atoms with Gasteiger partial charge in [0.1, 0.15) is 0 Å². The van der Waals surface area contributed by atoms with Crippen LogP contribution in [-0.2, 0) is 17.9 Å². The minimum absolute atomic E-state index is 0. The van der Waals surface area contributed by atoms with E-state index in [1.807, 2.05) is 24.3 Å². The molecule has 2 aliphatic heterocycles. The van der Waals surface area contributed by atoms with Crippen molar-refractivity contribution in [2.24, 2.45) is 0 Å². The van der Waals surface area contributed by atoms with Crippen molar-refractivity contribution in [2.45, 2.75) is 50.4 Å². The molecular weight excluding hydrogens is 399 g/mol. The molecule has 2 aliphatic rings. The van der Waals surface area contributed by atoms with Crippen LogP contribution in [0.3, 0.4) is 0 Å². The highest BCUT2D eigenvalue weighted by Gasteiger charge is 2.42. The monoisotopic (exact) mass is 425 g/mol. The summed E-state index contributed by atoms with van der Waals surface area (Å²) in [7, 11) is 0. The summed E-state index contributed by atoms with van der Waals surface area (Å²) in [6, 6.07) is 7.13. The van der Waals surface area contributed by atoms with E-state index in [1.165, 1.54) is 5.56 Å². The van der Waals surface area contributed by atoms with Gasteiger partial charge in [0.15, 0.2) is 0 Å². The molecule has 3 N–H and O–H groups in total. The predicted molar refractivity (Wildman–Crippen MR) is 105 cm³/mol. The Bertz CT molecular complexity index is 597. The number of benzene rings is 1. The number of halogens is 4. The molecule has 0 radical (unpaired) electrons. The summed E-state index contributed by atoms with van der Waals surface area (Å²) in [4.78, 5) is 14.2. The van der Waals surface area contributed by atoms with E-state index in [2.05, 4.69) is 15.5 Å². The van der Waals surface area contributed by atoms with Crippen molar-refractivity contribution >= 4 is 30.7 Å². The number of carbonyl (C=O) groups is 1. The lowest BCUT2D eigenvalue weighted by molar-refractivity contribution is -0.123. The molecule has 1 unspecified atom stereocenters. The number of amides is 1. The Hall–Kier alpha value is -0.990. The standard InChI is InChI=1S/C18H25F2N3O2.2ClH/c19-18(20)9-16(22-12-18)17(25)21-10-13-1-3-14(4-2-13)11-23-7-5-15(24)6-8-23;;/h1-4,15-16,22,24H,5-12H2,(H,21,25);2*1H. The maximum Gasteiger partial charge on any atom is 0.262 e. The van der Waals surface area contributed by atoms with Crippen molar-refractivity contribution in [3.8, 4) is 0 Å². The average Bonchev–Trinajstić information content (AvgIpc) is 2.96. The molecule has 0 spiro atoms. The number of rotatable bonds is 5. The fourth-order valence-corrected chi connectivity index (χ4v) is 3.31. The Morgan fingerprint density at radius 2 is 1.78 bits per heavy atom. The zero-order valence-corrected chi connectivity index (χ0v) is 16.6. The molecular formula is C18H27Cl2F2N3O2. The first-order chi connectivity index (χ1) is 11.9. The van der Waals surface area contributed by atoms with Gasteiger partial charge in [-0.05, 0) is 24.0 Å². The van der Waals surface area contributed by atoms with E-state index in [4.69, 9.17) is 0 Å². The van der Waals surface area contributed by atoms with Gasteiger partial charge in [-0.3, -0.25) is 15.0 Å². The van der Waals surface area contributed by atoms with Crippen LogP contribution >= 0.6 is 24.8 Å². The Morgan fingerprint density at radius 3 is 2.33 bits per heavy atom. The van der Waals surface area contributed by atoms with E-state index < -0.39 is 24.9 Å². The summed E-state index contributed by atoms with van der Waals surface area (Å²) < 4.78 is 26.2. The van der Waals surface area contributed by atoms with Gasteiger partial charge in [-0.2, -0.15) is 0 Å². The highest BCUT2D eigenvalue weighted by molar-refractivity contribution is 5.85. The lowest BCUT2D eigenvalue weighted by atomic mass is 10.1. The quantitative estimate of drug-likeness (QED) is 0.675. The normalized spacial score (nSPS) is 22.6. The zero-order valence-electron chi connectivity index (χ0n) is 15.0. The topological polar surface area (TPSA) is 64.6 Å². The number of alkyl halides is 2. The molecule has 3 rings (SSSR count). The minimum Gasteiger partial charge on any atom is -0.393 e. The number of nitrogens with one attached hydrogen (secondary N) is 2. The van der Waals surface area contributed by atoms with Gasteiger partial charge >= 0.3 is 0 Å². The Kier molecular flexibility index (Phi) is 9.38. The molecule has 5 nitrogen and oxygen atoms in total. The number of carbonyl (C=O) groups excluding carboxylic acids is 1. The number of aliphatic hydroxyl groups is 1. The van der Waals surface area contributed by atoms with E-state index in [0.29, 0.717) is 6.54 Å². The number of nitrogens with zero attached hydrogens (tertiary/aromatic N) is 1. The summed E-state index contributed by atoms with van der Waals surface area (Å²) in [6.07, 6.45) is 1.02. The first-order valence-electron chi connectivity index (χ1n) is 8.78. The molecule has 1 aromatic rings. The van der Waals surface area contributed by atoms with Crippen LogP contribution in [0.25, 0.3) is 0 Å². The molecule has 0 aliphatic carbocycles. The highest BCUT2D eigenvalue weighted by atomic mass is 35.5. The van der Waals surface area contributed by atoms with Gasteiger partial charge in [0.25, 0.3) is 5.92 Å². The summed E-state index contributed by atoms with van der Waals surface area (Å²) in [5.41, 5.74) is 2.12. The molecule has 9 heteroatoms. The molecule has 0 aromatic heterocycles. The number of aliphatic hydroxyl groups excluding tert-OH is 1. The molecule has 0 bridgehead atoms. The number of hydrogen-bond donors (Lipinski definition) is 3. The first kappa shape index (κ1) is 24.0. The largest absolute Gasteiger partial charge is 0.393 e. The van der Waals surface area contributed by atoms with Gasteiger partial charge in [0.05, 0.1) is 18.7 Å². The van der Waals surface area contributed by atoms with Crippen molar-refractivity contribution in [2.75, 3.05) is 19.6 Å². The molecule has 27 heavy (non-hydrogen) atoms. The molecule has 1 atom stereocenters. The molecule has 154 valence electrons. The highest BCUT2D eigenvalue weighted by Crippen LogP contribution is 2.25. The molecule has 1 aromatic carbocycles. The van der Waals surface area contributed by atoms with Gasteiger partial charge in [-0.25, -0.2) is 8.78 Å². The van der Waals surface area contributed by atoms with Crippen LogP contribution in [0.5, 0.6) is 0 Å². The Morgan fingerprint density at radius 1 is 1.19 bits per heavy atom. The summed E-state index contributed by atoms with van der Waals surface area (Å²) in [5, 5.41) is 14.8. The SMILES string of the molecule is Cl.Cl.O=C(NCc1ccc(CN2CCC(O)CC2)cc1)C1CC(F)(F)CN1. The van der Waals surface area contributed by atoms with E-state index in [-0.39, 0.29) is 36.8 Å². The van der Waals surface area contributed by atoms with Crippen LogP contribution in [0, 0.1) is 0 Å². The van der Waals surface area contributed by atoms with E-state index in [1.54, 1.807) is 0 Å². The van der Waals surface area contributed by atoms with Gasteiger partial charge in [-0.1, -0.05) is 24.3 Å². The second kappa shape index (κ2) is 10.5. The van der Waals surface area contributed by atoms with Crippen LogP contribution in [0.15, 0.2) is 24.3 Å². The summed E-state index contributed by atoms with van der Waals surface area (Å²) in [6.45, 7) is 2.54. The minimum atomic E-state index is -2.80. The van der Waals surface area contributed by atoms with Crippen molar-refractivity contribution in [3.05, 3.63) is 35.4 Å². The van der Waals surface area contributed by atoms with Crippen molar-refractivity contribution in [1.29, 1.82) is 0 Å². The predicted octanol–water partition coefficient (Wildman–Crippen LogP) is 2.10. The Balaban J connectivity index is 0.00000182. The van der Waals surface area contributed by atoms with Gasteiger partial charge in [0.2, 0.25) is 5.91 Å². The third-order valence-corrected chi connectivity index (χ3v) is 4.88. The third-order valence-electron chi connectivity index (χ3n) is 4.88. The van der Waals surface area contributed by atoms with Gasteiger partial charge in [-0.15, -0.1) is 24.8 Å². The van der Waals surface area contributed by atoms with Crippen molar-refractivity contribution in [3.63, 3.8) is 0 Å². The lowest BCUT2D eigenvalue weighted by Crippen LogP contribution is -2.40. The second-order valence-corrected chi connectivity index (χ2v) is 7.04. The first-order valence-corrected chi connectivity index (χ1v) is 8.78. The Labute approximate surface area is 170 Å². The van der Waals surface area contributed by atoms with Crippen LogP contribution < -0.4 is 10.6 Å². The average molecular weight is 426 g/mol. The van der Waals surface area contributed by atoms with Crippen LogP contribution in [0.4, 0.5) is 8.78 Å². The molecule has 0 saturated carbocycles. The van der Waals surface area contributed by atoms with Gasteiger partial charge < -0.3 is 10.4 Å². The molecule has 2 saturated heterocycles. The third kappa shape index (κ3) is 7.16. The van der Waals surface area contributed by atoms with Crippen molar-refractivity contribution in [1.82, 2.24) is 15.5 Å². The smallest absolute Gasteiger partial charge is 0.262 e. The van der Waals surface area contributed by atoms with E-state index in [9.17, 15) is 18.7 Å². The van der Waals surface area contributed by atoms with Crippen LogP contribution in [0.1, 0.15) is 30.4 Å². The van der Waals surface area contributed by atoms with E-state index in [0.717, 1.165) is 38.0 Å². The fourth-order valence-electron chi connectivity index (χ4n) is 3.31. The summed E-state index contributed by atoms with van der Waals surface area (Å²) >= 11 is 0. The number of hydrogen-bond acceptors (Lipinski definition) is 4. The van der Waals surface area contributed by atoms with Crippen molar-refractivity contribution < 1.29 is 18.7 Å². The lowest BCUT2D eigenvalue weighted by Gasteiger charge is -2.29. The molecule has 2 heterocycles. The maximum absolute atomic E-state index is 13.1. The van der Waals surface area contributed by atoms with Gasteiger partial charge in [0, 0.05) is 32.6 Å². The number of likely N-dealkylation sites (tertiary alicyclic amines) is 1. The van der Waals surface area contributed by atoms with E-state index >= 15 is 0 Å². The molecule has 1 amide bonds. The maximum atomic E-state index is 13.1. The zero-order chi connectivity index (χ0) is 17.9. The number of piperidine rings is 1. The fraction of sp³-hybridized carbons (Fsp3) is 0.611. The second-order valence-electron chi connectivity index (χ2n) is 7.04.